The molecule has 6 heteroatoms. The molecule has 1 aliphatic rings. The highest BCUT2D eigenvalue weighted by Crippen LogP contribution is 2.30. The van der Waals surface area contributed by atoms with Gasteiger partial charge in [0.05, 0.1) is 0 Å². The fraction of sp³-hybridized carbons (Fsp3) is 1.00. The van der Waals surface area contributed by atoms with E-state index in [-0.39, 0.29) is 5.22 Å². The Morgan fingerprint density at radius 1 is 1.05 bits per heavy atom. The normalized spacial score (nSPS) is 24.8. The quantitative estimate of drug-likeness (QED) is 0.608. The Labute approximate surface area is 121 Å². The molecule has 1 aliphatic heterocycles. The topological polar surface area (TPSA) is 36.9 Å². The molecule has 0 aromatic rings. The van der Waals surface area contributed by atoms with Crippen LogP contribution in [0.1, 0.15) is 46.5 Å². The molecule has 1 saturated heterocycles. The summed E-state index contributed by atoms with van der Waals surface area (Å²) in [7, 11) is -1.42. The van der Waals surface area contributed by atoms with Crippen molar-refractivity contribution in [1.82, 2.24) is 0 Å². The van der Waals surface area contributed by atoms with Crippen molar-refractivity contribution in [3.8, 4) is 0 Å². The zero-order chi connectivity index (χ0) is 14.2. The van der Waals surface area contributed by atoms with Gasteiger partial charge in [0, 0.05) is 47.9 Å². The standard InChI is InChI=1S/C13H30O4Si2/c1-4-15-19(16-5-2,17-6-3)12-10-13(18)9-7-8-11-14-13/h4-12H2,1-3,18H3. The summed E-state index contributed by atoms with van der Waals surface area (Å²) in [6, 6.07) is 0.881. The fourth-order valence-electron chi connectivity index (χ4n) is 2.61. The van der Waals surface area contributed by atoms with Crippen LogP contribution in [0.4, 0.5) is 0 Å². The van der Waals surface area contributed by atoms with Gasteiger partial charge in [0.25, 0.3) is 0 Å². The van der Waals surface area contributed by atoms with Crippen LogP contribution in [0, 0.1) is 0 Å². The molecule has 1 unspecified atom stereocenters. The van der Waals surface area contributed by atoms with E-state index >= 15 is 0 Å². The van der Waals surface area contributed by atoms with Crippen LogP contribution in [-0.2, 0) is 18.0 Å². The minimum Gasteiger partial charge on any atom is -0.380 e. The first kappa shape index (κ1) is 17.3. The summed E-state index contributed by atoms with van der Waals surface area (Å²) < 4.78 is 23.7. The Morgan fingerprint density at radius 3 is 2.05 bits per heavy atom. The van der Waals surface area contributed by atoms with E-state index in [1.54, 1.807) is 0 Å². The van der Waals surface area contributed by atoms with Crippen LogP contribution >= 0.6 is 0 Å². The highest BCUT2D eigenvalue weighted by atomic mass is 28.4. The van der Waals surface area contributed by atoms with E-state index < -0.39 is 8.80 Å². The largest absolute Gasteiger partial charge is 0.501 e. The van der Waals surface area contributed by atoms with E-state index in [0.717, 1.165) is 29.3 Å². The average Bonchev–Trinajstić information content (AvgIpc) is 2.39. The molecule has 0 saturated carbocycles. The summed E-state index contributed by atoms with van der Waals surface area (Å²) in [6.45, 7) is 8.90. The summed E-state index contributed by atoms with van der Waals surface area (Å²) in [5.41, 5.74) is 0. The van der Waals surface area contributed by atoms with Gasteiger partial charge in [-0.05, 0) is 46.5 Å². The molecule has 0 spiro atoms. The lowest BCUT2D eigenvalue weighted by atomic mass is 10.1. The predicted molar refractivity (Wildman–Crippen MR) is 82.5 cm³/mol. The molecular formula is C13H30O4Si2. The molecule has 0 aromatic heterocycles. The molecule has 1 heterocycles. The van der Waals surface area contributed by atoms with Crippen molar-refractivity contribution in [2.75, 3.05) is 26.4 Å². The lowest BCUT2D eigenvalue weighted by molar-refractivity contribution is -0.0243. The smallest absolute Gasteiger partial charge is 0.380 e. The van der Waals surface area contributed by atoms with Gasteiger partial charge in [0.1, 0.15) is 0 Å². The van der Waals surface area contributed by atoms with Crippen molar-refractivity contribution >= 4 is 19.0 Å². The maximum Gasteiger partial charge on any atom is 0.501 e. The van der Waals surface area contributed by atoms with Crippen molar-refractivity contribution in [3.05, 3.63) is 0 Å². The second-order valence-corrected chi connectivity index (χ2v) is 9.79. The molecule has 1 rings (SSSR count). The van der Waals surface area contributed by atoms with Gasteiger partial charge in [0.15, 0.2) is 0 Å². The van der Waals surface area contributed by atoms with Crippen molar-refractivity contribution in [2.45, 2.75) is 57.7 Å². The van der Waals surface area contributed by atoms with Crippen molar-refractivity contribution in [2.24, 2.45) is 0 Å². The van der Waals surface area contributed by atoms with Crippen LogP contribution < -0.4 is 0 Å². The zero-order valence-corrected chi connectivity index (χ0v) is 16.0. The van der Waals surface area contributed by atoms with E-state index in [1.807, 2.05) is 20.8 Å². The minimum absolute atomic E-state index is 0.113. The Kier molecular flexibility index (Phi) is 7.78. The SMILES string of the molecule is CCO[Si](CCC1([SiH3])CCCCO1)(OCC)OCC. The van der Waals surface area contributed by atoms with Gasteiger partial charge in [-0.2, -0.15) is 0 Å². The van der Waals surface area contributed by atoms with Crippen LogP contribution in [-0.4, -0.2) is 50.7 Å². The Bertz CT molecular complexity index is 228. The third-order valence-corrected chi connectivity index (χ3v) is 7.94. The second-order valence-electron chi connectivity index (χ2n) is 5.24. The van der Waals surface area contributed by atoms with E-state index in [2.05, 4.69) is 0 Å². The van der Waals surface area contributed by atoms with Crippen LogP contribution in [0.3, 0.4) is 0 Å². The van der Waals surface area contributed by atoms with Crippen molar-refractivity contribution < 1.29 is 18.0 Å². The maximum atomic E-state index is 6.01. The fourth-order valence-corrected chi connectivity index (χ4v) is 6.75. The van der Waals surface area contributed by atoms with Crippen molar-refractivity contribution in [3.63, 3.8) is 0 Å². The Morgan fingerprint density at radius 2 is 1.63 bits per heavy atom. The predicted octanol–water partition coefficient (Wildman–Crippen LogP) is 1.69. The van der Waals surface area contributed by atoms with E-state index in [0.29, 0.717) is 19.8 Å². The molecule has 0 amide bonds. The van der Waals surface area contributed by atoms with Gasteiger partial charge in [-0.25, -0.2) is 0 Å². The summed E-state index contributed by atoms with van der Waals surface area (Å²) in [5, 5.41) is 0.113. The molecule has 4 nitrogen and oxygen atoms in total. The first-order chi connectivity index (χ1) is 9.10. The summed E-state index contributed by atoms with van der Waals surface area (Å²) in [4.78, 5) is 0. The highest BCUT2D eigenvalue weighted by molar-refractivity contribution is 6.60. The summed E-state index contributed by atoms with van der Waals surface area (Å²) in [5.74, 6) is 0. The first-order valence-electron chi connectivity index (χ1n) is 7.65. The number of hydrogen-bond donors (Lipinski definition) is 0. The monoisotopic (exact) mass is 306 g/mol. The molecular weight excluding hydrogens is 276 g/mol. The van der Waals surface area contributed by atoms with Crippen molar-refractivity contribution in [1.29, 1.82) is 0 Å². The first-order valence-corrected chi connectivity index (χ1v) is 10.6. The lowest BCUT2D eigenvalue weighted by Crippen LogP contribution is -2.48. The highest BCUT2D eigenvalue weighted by Gasteiger charge is 2.42. The van der Waals surface area contributed by atoms with Gasteiger partial charge in [-0.15, -0.1) is 0 Å². The summed E-state index contributed by atoms with van der Waals surface area (Å²) >= 11 is 0. The molecule has 0 N–H and O–H groups in total. The van der Waals surface area contributed by atoms with E-state index in [9.17, 15) is 0 Å². The Balaban J connectivity index is 2.59. The number of hydrogen-bond acceptors (Lipinski definition) is 4. The minimum atomic E-state index is -2.48. The molecule has 0 aliphatic carbocycles. The third kappa shape index (κ3) is 5.65. The number of rotatable bonds is 9. The molecule has 0 aromatic carbocycles. The summed E-state index contributed by atoms with van der Waals surface area (Å²) in [6.07, 6.45) is 4.70. The Hall–Kier alpha value is 0.274. The molecule has 1 fully saturated rings. The van der Waals surface area contributed by atoms with Crippen LogP contribution in [0.5, 0.6) is 0 Å². The maximum absolute atomic E-state index is 6.01. The van der Waals surface area contributed by atoms with E-state index in [1.165, 1.54) is 19.3 Å². The van der Waals surface area contributed by atoms with Gasteiger partial charge < -0.3 is 18.0 Å². The van der Waals surface area contributed by atoms with E-state index in [4.69, 9.17) is 18.0 Å². The van der Waals surface area contributed by atoms with Crippen LogP contribution in [0.2, 0.25) is 6.04 Å². The molecule has 114 valence electrons. The number of ether oxygens (including phenoxy) is 1. The molecule has 0 bridgehead atoms. The second kappa shape index (κ2) is 8.54. The van der Waals surface area contributed by atoms with Gasteiger partial charge >= 0.3 is 8.80 Å². The van der Waals surface area contributed by atoms with Crippen LogP contribution in [0.25, 0.3) is 0 Å². The average molecular weight is 307 g/mol. The molecule has 0 radical (unpaired) electrons. The molecule has 19 heavy (non-hydrogen) atoms. The van der Waals surface area contributed by atoms with Gasteiger partial charge in [0.2, 0.25) is 0 Å². The molecule has 1 atom stereocenters. The van der Waals surface area contributed by atoms with Gasteiger partial charge in [-0.1, -0.05) is 0 Å². The third-order valence-electron chi connectivity index (χ3n) is 3.60. The lowest BCUT2D eigenvalue weighted by Gasteiger charge is -2.37. The van der Waals surface area contributed by atoms with Crippen LogP contribution in [0.15, 0.2) is 0 Å². The zero-order valence-electron chi connectivity index (χ0n) is 13.0. The van der Waals surface area contributed by atoms with Gasteiger partial charge in [-0.3, -0.25) is 0 Å².